The van der Waals surface area contributed by atoms with Crippen molar-refractivity contribution < 1.29 is 9.13 Å². The van der Waals surface area contributed by atoms with Crippen molar-refractivity contribution in [3.63, 3.8) is 0 Å². The summed E-state index contributed by atoms with van der Waals surface area (Å²) in [6.07, 6.45) is 2.45. The van der Waals surface area contributed by atoms with Gasteiger partial charge in [-0.05, 0) is 49.2 Å². The molecular weight excluding hydrogens is 369 g/mol. The number of H-pyrrole nitrogens is 1. The van der Waals surface area contributed by atoms with E-state index in [4.69, 9.17) is 4.74 Å². The lowest BCUT2D eigenvalue weighted by atomic mass is 10.0. The average molecular weight is 393 g/mol. The van der Waals surface area contributed by atoms with Gasteiger partial charge in [0.2, 0.25) is 0 Å². The first-order valence-electron chi connectivity index (χ1n) is 9.83. The van der Waals surface area contributed by atoms with Gasteiger partial charge in [-0.3, -0.25) is 9.69 Å². The number of piperidine rings is 1. The number of benzene rings is 2. The number of halogens is 1. The van der Waals surface area contributed by atoms with E-state index >= 15 is 0 Å². The maximum absolute atomic E-state index is 13.3. The first-order valence-corrected chi connectivity index (χ1v) is 9.83. The van der Waals surface area contributed by atoms with E-state index in [1.54, 1.807) is 19.2 Å². The zero-order chi connectivity index (χ0) is 20.2. The van der Waals surface area contributed by atoms with Gasteiger partial charge in [-0.25, -0.2) is 9.37 Å². The lowest BCUT2D eigenvalue weighted by Gasteiger charge is -2.32. The minimum Gasteiger partial charge on any atom is -0.380 e. The Morgan fingerprint density at radius 3 is 2.79 bits per heavy atom. The molecule has 0 bridgehead atoms. The van der Waals surface area contributed by atoms with Crippen LogP contribution in [0.1, 0.15) is 18.4 Å². The van der Waals surface area contributed by atoms with Crippen LogP contribution >= 0.6 is 0 Å². The summed E-state index contributed by atoms with van der Waals surface area (Å²) < 4.78 is 18.8. The van der Waals surface area contributed by atoms with Crippen LogP contribution < -0.4 is 5.56 Å². The Balaban J connectivity index is 1.67. The molecule has 4 rings (SSSR count). The SMILES string of the molecule is COC1CCCN(Cc2ccccc2-c2nc(-c3ccc(F)cc3)cc(=O)[nH]2)C1. The average Bonchev–Trinajstić information content (AvgIpc) is 2.74. The van der Waals surface area contributed by atoms with E-state index < -0.39 is 0 Å². The fraction of sp³-hybridized carbons (Fsp3) is 0.304. The van der Waals surface area contributed by atoms with Gasteiger partial charge < -0.3 is 9.72 Å². The van der Waals surface area contributed by atoms with Gasteiger partial charge in [0.1, 0.15) is 11.6 Å². The molecule has 0 aliphatic carbocycles. The third-order valence-corrected chi connectivity index (χ3v) is 5.34. The fourth-order valence-electron chi connectivity index (χ4n) is 3.83. The third-order valence-electron chi connectivity index (χ3n) is 5.34. The Kier molecular flexibility index (Phi) is 5.83. The van der Waals surface area contributed by atoms with Gasteiger partial charge in [0, 0.05) is 37.4 Å². The summed E-state index contributed by atoms with van der Waals surface area (Å²) in [5.41, 5.74) is 2.99. The van der Waals surface area contributed by atoms with Crippen molar-refractivity contribution in [1.29, 1.82) is 0 Å². The molecule has 2 aromatic carbocycles. The van der Waals surface area contributed by atoms with Gasteiger partial charge in [-0.1, -0.05) is 24.3 Å². The Labute approximate surface area is 169 Å². The van der Waals surface area contributed by atoms with E-state index in [0.29, 0.717) is 17.1 Å². The molecule has 1 N–H and O–H groups in total. The van der Waals surface area contributed by atoms with Gasteiger partial charge >= 0.3 is 0 Å². The highest BCUT2D eigenvalue weighted by molar-refractivity contribution is 5.65. The van der Waals surface area contributed by atoms with Crippen LogP contribution in [0.5, 0.6) is 0 Å². The normalized spacial score (nSPS) is 17.4. The van der Waals surface area contributed by atoms with Crippen molar-refractivity contribution in [1.82, 2.24) is 14.9 Å². The summed E-state index contributed by atoms with van der Waals surface area (Å²) >= 11 is 0. The summed E-state index contributed by atoms with van der Waals surface area (Å²) in [5, 5.41) is 0. The maximum atomic E-state index is 13.3. The van der Waals surface area contributed by atoms with Crippen LogP contribution in [-0.4, -0.2) is 41.2 Å². The Bertz CT molecular complexity index is 1030. The zero-order valence-electron chi connectivity index (χ0n) is 16.4. The molecule has 1 fully saturated rings. The number of hydrogen-bond acceptors (Lipinski definition) is 4. The predicted octanol–water partition coefficient (Wildman–Crippen LogP) is 3.85. The monoisotopic (exact) mass is 393 g/mol. The Morgan fingerprint density at radius 2 is 2.00 bits per heavy atom. The number of aromatic amines is 1. The van der Waals surface area contributed by atoms with Gasteiger partial charge in [0.05, 0.1) is 11.8 Å². The summed E-state index contributed by atoms with van der Waals surface area (Å²) in [5.74, 6) is 0.202. The molecule has 1 aliphatic heterocycles. The topological polar surface area (TPSA) is 58.2 Å². The molecule has 0 radical (unpaired) electrons. The third kappa shape index (κ3) is 4.60. The molecule has 0 spiro atoms. The summed E-state index contributed by atoms with van der Waals surface area (Å²) in [6, 6.07) is 15.4. The summed E-state index contributed by atoms with van der Waals surface area (Å²) in [6.45, 7) is 2.68. The number of aromatic nitrogens is 2. The van der Waals surface area contributed by atoms with Crippen molar-refractivity contribution in [2.75, 3.05) is 20.2 Å². The minimum atomic E-state index is -0.319. The molecule has 0 amide bonds. The van der Waals surface area contributed by atoms with E-state index in [0.717, 1.165) is 43.6 Å². The Morgan fingerprint density at radius 1 is 1.21 bits per heavy atom. The summed E-state index contributed by atoms with van der Waals surface area (Å²) in [4.78, 5) is 22.2. The number of nitrogens with one attached hydrogen (secondary N) is 1. The lowest BCUT2D eigenvalue weighted by molar-refractivity contribution is 0.0286. The Hall–Kier alpha value is -2.83. The van der Waals surface area contributed by atoms with Gasteiger partial charge in [0.25, 0.3) is 5.56 Å². The van der Waals surface area contributed by atoms with Crippen molar-refractivity contribution in [3.8, 4) is 22.6 Å². The highest BCUT2D eigenvalue weighted by Gasteiger charge is 2.20. The molecule has 6 heteroatoms. The van der Waals surface area contributed by atoms with Crippen LogP contribution in [0, 0.1) is 5.82 Å². The number of ether oxygens (including phenoxy) is 1. The maximum Gasteiger partial charge on any atom is 0.251 e. The number of rotatable bonds is 5. The molecule has 1 saturated heterocycles. The van der Waals surface area contributed by atoms with E-state index in [-0.39, 0.29) is 17.5 Å². The zero-order valence-corrected chi connectivity index (χ0v) is 16.4. The van der Waals surface area contributed by atoms with E-state index in [1.165, 1.54) is 18.2 Å². The largest absolute Gasteiger partial charge is 0.380 e. The number of hydrogen-bond donors (Lipinski definition) is 1. The second kappa shape index (κ2) is 8.68. The summed E-state index contributed by atoms with van der Waals surface area (Å²) in [7, 11) is 1.76. The quantitative estimate of drug-likeness (QED) is 0.715. The lowest BCUT2D eigenvalue weighted by Crippen LogP contribution is -2.38. The predicted molar refractivity (Wildman–Crippen MR) is 111 cm³/mol. The molecule has 1 aliphatic rings. The highest BCUT2D eigenvalue weighted by atomic mass is 19.1. The van der Waals surface area contributed by atoms with Crippen molar-refractivity contribution in [3.05, 3.63) is 76.3 Å². The molecule has 5 nitrogen and oxygen atoms in total. The van der Waals surface area contributed by atoms with Crippen molar-refractivity contribution >= 4 is 0 Å². The van der Waals surface area contributed by atoms with Crippen LogP contribution in [-0.2, 0) is 11.3 Å². The van der Waals surface area contributed by atoms with Crippen LogP contribution in [0.3, 0.4) is 0 Å². The number of methoxy groups -OCH3 is 1. The molecule has 3 aromatic rings. The second-order valence-corrected chi connectivity index (χ2v) is 7.38. The standard InChI is InChI=1S/C23H24FN3O2/c1-29-19-6-4-12-27(15-19)14-17-5-2-3-7-20(17)23-25-21(13-22(28)26-23)16-8-10-18(24)11-9-16/h2-3,5,7-11,13,19H,4,6,12,14-15H2,1H3,(H,25,26,28). The first kappa shape index (κ1) is 19.5. The molecule has 1 unspecified atom stereocenters. The van der Waals surface area contributed by atoms with Crippen molar-refractivity contribution in [2.45, 2.75) is 25.5 Å². The second-order valence-electron chi connectivity index (χ2n) is 7.38. The van der Waals surface area contributed by atoms with Crippen molar-refractivity contribution in [2.24, 2.45) is 0 Å². The van der Waals surface area contributed by atoms with Crippen LogP contribution in [0.25, 0.3) is 22.6 Å². The van der Waals surface area contributed by atoms with Gasteiger partial charge in [-0.15, -0.1) is 0 Å². The van der Waals surface area contributed by atoms with E-state index in [9.17, 15) is 9.18 Å². The molecule has 29 heavy (non-hydrogen) atoms. The number of nitrogens with zero attached hydrogens (tertiary/aromatic N) is 2. The fourth-order valence-corrected chi connectivity index (χ4v) is 3.83. The highest BCUT2D eigenvalue weighted by Crippen LogP contribution is 2.25. The van der Waals surface area contributed by atoms with E-state index in [1.807, 2.05) is 18.2 Å². The van der Waals surface area contributed by atoms with Gasteiger partial charge in [0.15, 0.2) is 0 Å². The molecule has 0 saturated carbocycles. The molecule has 150 valence electrons. The van der Waals surface area contributed by atoms with Crippen LogP contribution in [0.15, 0.2) is 59.4 Å². The van der Waals surface area contributed by atoms with Crippen LogP contribution in [0.2, 0.25) is 0 Å². The number of likely N-dealkylation sites (tertiary alicyclic amines) is 1. The molecule has 1 atom stereocenters. The molecule has 1 aromatic heterocycles. The first-order chi connectivity index (χ1) is 14.1. The molecular formula is C23H24FN3O2. The molecule has 2 heterocycles. The smallest absolute Gasteiger partial charge is 0.251 e. The van der Waals surface area contributed by atoms with E-state index in [2.05, 4.69) is 20.9 Å². The van der Waals surface area contributed by atoms with Gasteiger partial charge in [-0.2, -0.15) is 0 Å². The van der Waals surface area contributed by atoms with Crippen LogP contribution in [0.4, 0.5) is 4.39 Å². The minimum absolute atomic E-state index is 0.235.